The fourth-order valence-corrected chi connectivity index (χ4v) is 3.47. The number of nitrogens with two attached hydrogens (primary N) is 1. The van der Waals surface area contributed by atoms with E-state index in [-0.39, 0.29) is 11.8 Å². The van der Waals surface area contributed by atoms with Gasteiger partial charge in [-0.25, -0.2) is 14.4 Å². The average molecular weight is 285 g/mol. The second-order valence-electron chi connectivity index (χ2n) is 5.76. The van der Waals surface area contributed by atoms with Crippen LogP contribution in [-0.4, -0.2) is 9.97 Å². The molecule has 0 atom stereocenters. The number of benzene rings is 1. The molecule has 2 heterocycles. The Hall–Kier alpha value is -2.17. The smallest absolute Gasteiger partial charge is 0.220 e. The van der Waals surface area contributed by atoms with Gasteiger partial charge in [-0.15, -0.1) is 0 Å². The van der Waals surface area contributed by atoms with Crippen LogP contribution in [0.15, 0.2) is 24.4 Å². The van der Waals surface area contributed by atoms with E-state index in [9.17, 15) is 4.39 Å². The number of halogens is 1. The second kappa shape index (κ2) is 4.41. The SMILES string of the molecule is Nc1ncc2c(n1)C1(CCCCC1)Oc1c(F)cccc1-2. The third-order valence-corrected chi connectivity index (χ3v) is 4.45. The number of aromatic nitrogens is 2. The van der Waals surface area contributed by atoms with Crippen LogP contribution in [0.4, 0.5) is 10.3 Å². The van der Waals surface area contributed by atoms with Gasteiger partial charge in [-0.2, -0.15) is 0 Å². The van der Waals surface area contributed by atoms with E-state index >= 15 is 0 Å². The zero-order valence-electron chi connectivity index (χ0n) is 11.6. The third kappa shape index (κ3) is 1.80. The predicted molar refractivity (Wildman–Crippen MR) is 77.2 cm³/mol. The molecule has 0 unspecified atom stereocenters. The van der Waals surface area contributed by atoms with Crippen LogP contribution in [-0.2, 0) is 5.60 Å². The topological polar surface area (TPSA) is 61.0 Å². The van der Waals surface area contributed by atoms with Crippen LogP contribution in [0, 0.1) is 5.82 Å². The fraction of sp³-hybridized carbons (Fsp3) is 0.375. The number of rotatable bonds is 0. The highest BCUT2D eigenvalue weighted by atomic mass is 19.1. The molecule has 4 rings (SSSR count). The van der Waals surface area contributed by atoms with Crippen molar-refractivity contribution in [2.24, 2.45) is 0 Å². The predicted octanol–water partition coefficient (Wildman–Crippen LogP) is 3.42. The Morgan fingerprint density at radius 3 is 2.76 bits per heavy atom. The van der Waals surface area contributed by atoms with Gasteiger partial charge in [-0.3, -0.25) is 0 Å². The molecule has 1 aromatic carbocycles. The largest absolute Gasteiger partial charge is 0.477 e. The van der Waals surface area contributed by atoms with E-state index < -0.39 is 5.60 Å². The van der Waals surface area contributed by atoms with Crippen molar-refractivity contribution < 1.29 is 9.13 Å². The van der Waals surface area contributed by atoms with Crippen LogP contribution in [0.25, 0.3) is 11.1 Å². The highest BCUT2D eigenvalue weighted by Crippen LogP contribution is 2.50. The van der Waals surface area contributed by atoms with Crippen LogP contribution >= 0.6 is 0 Å². The zero-order valence-corrected chi connectivity index (χ0v) is 11.6. The van der Waals surface area contributed by atoms with Crippen molar-refractivity contribution in [3.05, 3.63) is 35.9 Å². The van der Waals surface area contributed by atoms with Crippen molar-refractivity contribution in [1.29, 1.82) is 0 Å². The van der Waals surface area contributed by atoms with Crippen LogP contribution < -0.4 is 10.5 Å². The lowest BCUT2D eigenvalue weighted by Gasteiger charge is -2.41. The van der Waals surface area contributed by atoms with Gasteiger partial charge in [0.25, 0.3) is 0 Å². The van der Waals surface area contributed by atoms with Crippen LogP contribution in [0.3, 0.4) is 0 Å². The first-order chi connectivity index (χ1) is 10.2. The molecule has 2 aliphatic rings. The number of nitrogen functional groups attached to an aromatic ring is 1. The summed E-state index contributed by atoms with van der Waals surface area (Å²) in [5.41, 5.74) is 7.58. The first-order valence-electron chi connectivity index (χ1n) is 7.30. The average Bonchev–Trinajstić information content (AvgIpc) is 2.50. The molecule has 4 nitrogen and oxygen atoms in total. The lowest BCUT2D eigenvalue weighted by Crippen LogP contribution is -2.39. The Bertz CT molecular complexity index is 711. The molecule has 1 aliphatic heterocycles. The maximum atomic E-state index is 14.2. The lowest BCUT2D eigenvalue weighted by molar-refractivity contribution is 0.0161. The minimum absolute atomic E-state index is 0.238. The van der Waals surface area contributed by atoms with E-state index in [4.69, 9.17) is 10.5 Å². The Labute approximate surface area is 122 Å². The van der Waals surface area contributed by atoms with Crippen molar-refractivity contribution in [2.75, 3.05) is 5.73 Å². The van der Waals surface area contributed by atoms with Gasteiger partial charge in [0, 0.05) is 17.3 Å². The number of hydrogen-bond donors (Lipinski definition) is 1. The number of hydrogen-bond acceptors (Lipinski definition) is 4. The first kappa shape index (κ1) is 12.6. The van der Waals surface area contributed by atoms with Gasteiger partial charge in [0.05, 0.1) is 5.69 Å². The quantitative estimate of drug-likeness (QED) is 0.805. The van der Waals surface area contributed by atoms with Crippen molar-refractivity contribution in [3.63, 3.8) is 0 Å². The number of para-hydroxylation sites is 1. The molecule has 1 aromatic heterocycles. The third-order valence-electron chi connectivity index (χ3n) is 4.45. The first-order valence-corrected chi connectivity index (χ1v) is 7.30. The summed E-state index contributed by atoms with van der Waals surface area (Å²) in [4.78, 5) is 8.53. The van der Waals surface area contributed by atoms with Gasteiger partial charge in [-0.1, -0.05) is 18.6 Å². The zero-order chi connectivity index (χ0) is 14.4. The lowest BCUT2D eigenvalue weighted by atomic mass is 9.78. The Morgan fingerprint density at radius 2 is 1.95 bits per heavy atom. The number of fused-ring (bicyclic) bond motifs is 4. The number of anilines is 1. The maximum absolute atomic E-state index is 14.2. The van der Waals surface area contributed by atoms with Gasteiger partial charge in [0.1, 0.15) is 0 Å². The van der Waals surface area contributed by atoms with Crippen LogP contribution in [0.5, 0.6) is 5.75 Å². The molecule has 5 heteroatoms. The van der Waals surface area contributed by atoms with Crippen molar-refractivity contribution in [1.82, 2.24) is 9.97 Å². The maximum Gasteiger partial charge on any atom is 0.220 e. The minimum Gasteiger partial charge on any atom is -0.477 e. The molecule has 1 saturated carbocycles. The number of nitrogens with zero attached hydrogens (tertiary/aromatic N) is 2. The van der Waals surface area contributed by atoms with Gasteiger partial charge >= 0.3 is 0 Å². The van der Waals surface area contributed by atoms with E-state index in [1.807, 2.05) is 6.07 Å². The summed E-state index contributed by atoms with van der Waals surface area (Å²) in [6, 6.07) is 4.95. The molecule has 21 heavy (non-hydrogen) atoms. The Kier molecular flexibility index (Phi) is 2.64. The molecule has 1 fully saturated rings. The summed E-state index contributed by atoms with van der Waals surface area (Å²) < 4.78 is 20.3. The van der Waals surface area contributed by atoms with E-state index in [2.05, 4.69) is 9.97 Å². The van der Waals surface area contributed by atoms with Crippen LogP contribution in [0.2, 0.25) is 0 Å². The van der Waals surface area contributed by atoms with Gasteiger partial charge in [0.2, 0.25) is 5.95 Å². The molecule has 108 valence electrons. The summed E-state index contributed by atoms with van der Waals surface area (Å²) in [5, 5.41) is 0. The second-order valence-corrected chi connectivity index (χ2v) is 5.76. The monoisotopic (exact) mass is 285 g/mol. The summed E-state index contributed by atoms with van der Waals surface area (Å²) in [5.74, 6) is 0.224. The molecular formula is C16H16FN3O. The fourth-order valence-electron chi connectivity index (χ4n) is 3.47. The molecular weight excluding hydrogens is 269 g/mol. The summed E-state index contributed by atoms with van der Waals surface area (Å²) in [6.45, 7) is 0. The normalized spacial score (nSPS) is 18.7. The molecule has 0 bridgehead atoms. The highest BCUT2D eigenvalue weighted by Gasteiger charge is 2.44. The van der Waals surface area contributed by atoms with Crippen molar-refractivity contribution in [2.45, 2.75) is 37.7 Å². The van der Waals surface area contributed by atoms with Gasteiger partial charge in [-0.05, 0) is 31.7 Å². The highest BCUT2D eigenvalue weighted by molar-refractivity contribution is 5.75. The van der Waals surface area contributed by atoms with Crippen LogP contribution in [0.1, 0.15) is 37.8 Å². The van der Waals surface area contributed by atoms with E-state index in [0.29, 0.717) is 11.3 Å². The van der Waals surface area contributed by atoms with Gasteiger partial charge < -0.3 is 10.5 Å². The standard InChI is InChI=1S/C16H16FN3O/c17-12-6-4-5-10-11-9-19-15(18)20-14(11)16(21-13(10)12)7-2-1-3-8-16/h4-6,9H,1-3,7-8H2,(H2,18,19,20). The van der Waals surface area contributed by atoms with Crippen molar-refractivity contribution >= 4 is 5.95 Å². The van der Waals surface area contributed by atoms with E-state index in [1.54, 1.807) is 12.3 Å². The molecule has 0 radical (unpaired) electrons. The van der Waals surface area contributed by atoms with Crippen molar-refractivity contribution in [3.8, 4) is 16.9 Å². The molecule has 0 amide bonds. The molecule has 1 spiro atoms. The molecule has 1 aliphatic carbocycles. The Balaban J connectivity index is 1.99. The molecule has 2 aromatic rings. The van der Waals surface area contributed by atoms with E-state index in [0.717, 1.165) is 36.9 Å². The van der Waals surface area contributed by atoms with E-state index in [1.165, 1.54) is 12.5 Å². The number of ether oxygens (including phenoxy) is 1. The Morgan fingerprint density at radius 1 is 1.14 bits per heavy atom. The summed E-state index contributed by atoms with van der Waals surface area (Å²) in [7, 11) is 0. The summed E-state index contributed by atoms with van der Waals surface area (Å²) >= 11 is 0. The van der Waals surface area contributed by atoms with Gasteiger partial charge in [0.15, 0.2) is 17.2 Å². The molecule has 2 N–H and O–H groups in total. The molecule has 0 saturated heterocycles. The summed E-state index contributed by atoms with van der Waals surface area (Å²) in [6.07, 6.45) is 6.63. The minimum atomic E-state index is -0.556.